The molecule has 24 heavy (non-hydrogen) atoms. The molecule has 1 aromatic rings. The molecule has 2 fully saturated rings. The third kappa shape index (κ3) is 4.30. The van der Waals surface area contributed by atoms with Crippen molar-refractivity contribution in [2.24, 2.45) is 5.41 Å². The number of aromatic nitrogens is 4. The van der Waals surface area contributed by atoms with Crippen LogP contribution in [0.2, 0.25) is 0 Å². The van der Waals surface area contributed by atoms with Crippen molar-refractivity contribution in [2.75, 3.05) is 19.6 Å². The molecule has 0 bridgehead atoms. The average molecular weight is 334 g/mol. The van der Waals surface area contributed by atoms with E-state index < -0.39 is 0 Å². The third-order valence-electron chi connectivity index (χ3n) is 5.21. The molecule has 1 saturated carbocycles. The summed E-state index contributed by atoms with van der Waals surface area (Å²) >= 11 is 0. The molecule has 1 aliphatic heterocycles. The molecule has 8 nitrogen and oxygen atoms in total. The lowest BCUT2D eigenvalue weighted by Crippen LogP contribution is -2.39. The number of carbonyl (C=O) groups is 2. The van der Waals surface area contributed by atoms with Gasteiger partial charge in [-0.1, -0.05) is 19.3 Å². The van der Waals surface area contributed by atoms with E-state index >= 15 is 0 Å². The second-order valence-electron chi connectivity index (χ2n) is 7.08. The molecule has 1 aromatic heterocycles. The molecular weight excluding hydrogens is 308 g/mol. The van der Waals surface area contributed by atoms with Gasteiger partial charge in [0.2, 0.25) is 11.8 Å². The first-order valence-corrected chi connectivity index (χ1v) is 8.92. The van der Waals surface area contributed by atoms with Gasteiger partial charge in [0.15, 0.2) is 0 Å². The summed E-state index contributed by atoms with van der Waals surface area (Å²) in [7, 11) is 0. The number of likely N-dealkylation sites (tertiary alicyclic amines) is 1. The number of tetrazole rings is 1. The SMILES string of the molecule is O=C(CC1(Cn2cnnn2)CCCCC1)NCCN1CCCC1=O. The highest BCUT2D eigenvalue weighted by atomic mass is 16.2. The van der Waals surface area contributed by atoms with E-state index in [0.29, 0.717) is 32.5 Å². The van der Waals surface area contributed by atoms with Crippen molar-refractivity contribution in [2.45, 2.75) is 57.9 Å². The quantitative estimate of drug-likeness (QED) is 0.794. The van der Waals surface area contributed by atoms with Crippen LogP contribution in [0.1, 0.15) is 51.4 Å². The van der Waals surface area contributed by atoms with Crippen molar-refractivity contribution in [3.63, 3.8) is 0 Å². The van der Waals surface area contributed by atoms with Gasteiger partial charge in [-0.2, -0.15) is 0 Å². The van der Waals surface area contributed by atoms with Gasteiger partial charge in [0.05, 0.1) is 6.54 Å². The first kappa shape index (κ1) is 16.9. The lowest BCUT2D eigenvalue weighted by atomic mass is 9.71. The summed E-state index contributed by atoms with van der Waals surface area (Å²) in [5.41, 5.74) is -0.0544. The summed E-state index contributed by atoms with van der Waals surface area (Å²) in [6.07, 6.45) is 9.29. The maximum Gasteiger partial charge on any atom is 0.222 e. The first-order chi connectivity index (χ1) is 11.7. The molecule has 1 N–H and O–H groups in total. The second-order valence-corrected chi connectivity index (χ2v) is 7.08. The Bertz CT molecular complexity index is 553. The standard InChI is InChI=1S/C16H26N6O2/c23-14(17-8-10-21-9-4-5-15(21)24)11-16(6-2-1-3-7-16)12-22-13-18-19-20-22/h13H,1-12H2,(H,17,23). The van der Waals surface area contributed by atoms with Crippen LogP contribution in [-0.2, 0) is 16.1 Å². The molecular formula is C16H26N6O2. The molecule has 0 unspecified atom stereocenters. The Labute approximate surface area is 142 Å². The van der Waals surface area contributed by atoms with Gasteiger partial charge in [-0.15, -0.1) is 5.10 Å². The van der Waals surface area contributed by atoms with Crippen molar-refractivity contribution >= 4 is 11.8 Å². The van der Waals surface area contributed by atoms with Gasteiger partial charge >= 0.3 is 0 Å². The Balaban J connectivity index is 1.50. The van der Waals surface area contributed by atoms with Gasteiger partial charge < -0.3 is 10.2 Å². The summed E-state index contributed by atoms with van der Waals surface area (Å²) in [4.78, 5) is 25.8. The number of hydrogen-bond donors (Lipinski definition) is 1. The van der Waals surface area contributed by atoms with E-state index in [2.05, 4.69) is 20.8 Å². The van der Waals surface area contributed by atoms with Crippen molar-refractivity contribution in [1.29, 1.82) is 0 Å². The van der Waals surface area contributed by atoms with Crippen molar-refractivity contribution < 1.29 is 9.59 Å². The number of nitrogens with one attached hydrogen (secondary N) is 1. The highest BCUT2D eigenvalue weighted by molar-refractivity contribution is 5.78. The van der Waals surface area contributed by atoms with E-state index in [0.717, 1.165) is 38.6 Å². The molecule has 2 aliphatic rings. The molecule has 132 valence electrons. The van der Waals surface area contributed by atoms with Crippen LogP contribution in [0.15, 0.2) is 6.33 Å². The lowest BCUT2D eigenvalue weighted by molar-refractivity contribution is -0.129. The van der Waals surface area contributed by atoms with Gasteiger partial charge in [-0.3, -0.25) is 9.59 Å². The van der Waals surface area contributed by atoms with Crippen LogP contribution in [0.4, 0.5) is 0 Å². The monoisotopic (exact) mass is 334 g/mol. The Morgan fingerprint density at radius 3 is 2.75 bits per heavy atom. The van der Waals surface area contributed by atoms with Gasteiger partial charge in [0.25, 0.3) is 0 Å². The Morgan fingerprint density at radius 2 is 2.08 bits per heavy atom. The number of nitrogens with zero attached hydrogens (tertiary/aromatic N) is 5. The summed E-state index contributed by atoms with van der Waals surface area (Å²) in [5, 5.41) is 14.3. The smallest absolute Gasteiger partial charge is 0.222 e. The maximum atomic E-state index is 12.4. The van der Waals surface area contributed by atoms with E-state index in [1.807, 2.05) is 4.90 Å². The minimum atomic E-state index is -0.0544. The number of carbonyl (C=O) groups excluding carboxylic acids is 2. The fourth-order valence-electron chi connectivity index (χ4n) is 3.96. The van der Waals surface area contributed by atoms with Gasteiger partial charge in [0, 0.05) is 32.5 Å². The van der Waals surface area contributed by atoms with E-state index in [-0.39, 0.29) is 17.2 Å². The predicted octanol–water partition coefficient (Wildman–Crippen LogP) is 0.752. The van der Waals surface area contributed by atoms with Gasteiger partial charge in [-0.25, -0.2) is 4.68 Å². The predicted molar refractivity (Wildman–Crippen MR) is 86.8 cm³/mol. The minimum Gasteiger partial charge on any atom is -0.354 e. The molecule has 1 saturated heterocycles. The van der Waals surface area contributed by atoms with E-state index in [1.54, 1.807) is 11.0 Å². The van der Waals surface area contributed by atoms with E-state index in [1.165, 1.54) is 6.42 Å². The fourth-order valence-corrected chi connectivity index (χ4v) is 3.96. The van der Waals surface area contributed by atoms with Crippen LogP contribution in [-0.4, -0.2) is 56.6 Å². The molecule has 0 atom stereocenters. The topological polar surface area (TPSA) is 93.0 Å². The highest BCUT2D eigenvalue weighted by Gasteiger charge is 2.35. The van der Waals surface area contributed by atoms with Crippen molar-refractivity contribution in [3.8, 4) is 0 Å². The van der Waals surface area contributed by atoms with Crippen molar-refractivity contribution in [1.82, 2.24) is 30.4 Å². The lowest BCUT2D eigenvalue weighted by Gasteiger charge is -2.36. The average Bonchev–Trinajstić information content (AvgIpc) is 3.20. The van der Waals surface area contributed by atoms with E-state index in [4.69, 9.17) is 0 Å². The summed E-state index contributed by atoms with van der Waals surface area (Å²) in [5.74, 6) is 0.267. The summed E-state index contributed by atoms with van der Waals surface area (Å²) < 4.78 is 1.74. The summed E-state index contributed by atoms with van der Waals surface area (Å²) in [6, 6.07) is 0. The Hall–Kier alpha value is -1.99. The van der Waals surface area contributed by atoms with Crippen LogP contribution in [0.5, 0.6) is 0 Å². The molecule has 0 spiro atoms. The highest BCUT2D eigenvalue weighted by Crippen LogP contribution is 2.40. The third-order valence-corrected chi connectivity index (χ3v) is 5.21. The van der Waals surface area contributed by atoms with Crippen molar-refractivity contribution in [3.05, 3.63) is 6.33 Å². The fraction of sp³-hybridized carbons (Fsp3) is 0.812. The second kappa shape index (κ2) is 7.72. The maximum absolute atomic E-state index is 12.4. The Kier molecular flexibility index (Phi) is 5.42. The first-order valence-electron chi connectivity index (χ1n) is 8.92. The summed E-state index contributed by atoms with van der Waals surface area (Å²) in [6.45, 7) is 2.66. The zero-order valence-corrected chi connectivity index (χ0v) is 14.1. The van der Waals surface area contributed by atoms with E-state index in [9.17, 15) is 9.59 Å². The molecule has 3 rings (SSSR count). The molecule has 2 amide bonds. The molecule has 2 heterocycles. The van der Waals surface area contributed by atoms with Crippen LogP contribution in [0, 0.1) is 5.41 Å². The molecule has 8 heteroatoms. The van der Waals surface area contributed by atoms with Gasteiger partial charge in [-0.05, 0) is 35.1 Å². The molecule has 1 aliphatic carbocycles. The molecule has 0 radical (unpaired) electrons. The zero-order chi connectivity index (χ0) is 16.8. The zero-order valence-electron chi connectivity index (χ0n) is 14.1. The van der Waals surface area contributed by atoms with Crippen LogP contribution < -0.4 is 5.32 Å². The number of hydrogen-bond acceptors (Lipinski definition) is 5. The molecule has 0 aromatic carbocycles. The largest absolute Gasteiger partial charge is 0.354 e. The Morgan fingerprint density at radius 1 is 1.25 bits per heavy atom. The van der Waals surface area contributed by atoms with Gasteiger partial charge in [0.1, 0.15) is 6.33 Å². The van der Waals surface area contributed by atoms with Crippen LogP contribution in [0.3, 0.4) is 0 Å². The number of amides is 2. The minimum absolute atomic E-state index is 0.0544. The number of rotatable bonds is 7. The van der Waals surface area contributed by atoms with Crippen LogP contribution in [0.25, 0.3) is 0 Å². The van der Waals surface area contributed by atoms with Crippen LogP contribution >= 0.6 is 0 Å². The normalized spacial score (nSPS) is 20.3.